The summed E-state index contributed by atoms with van der Waals surface area (Å²) in [5.74, 6) is 0. The summed E-state index contributed by atoms with van der Waals surface area (Å²) >= 11 is 11.5. The lowest BCUT2D eigenvalue weighted by Gasteiger charge is -2.16. The van der Waals surface area contributed by atoms with Gasteiger partial charge in [0.2, 0.25) is 0 Å². The molecule has 0 saturated carbocycles. The average molecular weight is 377 g/mol. The second kappa shape index (κ2) is 9.76. The number of hydrogen-bond acceptors (Lipinski definition) is 1. The van der Waals surface area contributed by atoms with Crippen molar-refractivity contribution < 1.29 is 4.90 Å². The zero-order chi connectivity index (χ0) is 18.2. The van der Waals surface area contributed by atoms with Crippen molar-refractivity contribution in [2.24, 2.45) is 0 Å². The molecule has 0 aliphatic carbocycles. The molecule has 0 unspecified atom stereocenters. The van der Waals surface area contributed by atoms with Crippen molar-refractivity contribution >= 4 is 34.6 Å². The Morgan fingerprint density at radius 1 is 1.04 bits per heavy atom. The molecule has 2 aromatic rings. The van der Waals surface area contributed by atoms with E-state index >= 15 is 0 Å². The molecule has 0 radical (unpaired) electrons. The van der Waals surface area contributed by atoms with Crippen molar-refractivity contribution in [1.29, 1.82) is 0 Å². The number of halogens is 1. The summed E-state index contributed by atoms with van der Waals surface area (Å²) in [7, 11) is 0. The number of hydrogen-bond donors (Lipinski definition) is 3. The number of thiocarbonyl (C=S) groups is 1. The molecule has 0 aliphatic rings. The molecule has 25 heavy (non-hydrogen) atoms. The molecule has 0 atom stereocenters. The Labute approximate surface area is 161 Å². The zero-order valence-electron chi connectivity index (χ0n) is 15.2. The Bertz CT molecular complexity index is 697. The molecule has 3 nitrogen and oxygen atoms in total. The van der Waals surface area contributed by atoms with Gasteiger partial charge in [0.1, 0.15) is 6.54 Å². The molecule has 2 rings (SSSR count). The van der Waals surface area contributed by atoms with Gasteiger partial charge < -0.3 is 15.5 Å². The summed E-state index contributed by atoms with van der Waals surface area (Å²) < 4.78 is 0. The van der Waals surface area contributed by atoms with E-state index in [0.717, 1.165) is 35.9 Å². The minimum Gasteiger partial charge on any atom is -0.358 e. The summed E-state index contributed by atoms with van der Waals surface area (Å²) in [4.78, 5) is 1.59. The Kier molecular flexibility index (Phi) is 7.69. The van der Waals surface area contributed by atoms with Gasteiger partial charge in [-0.25, -0.2) is 0 Å². The summed E-state index contributed by atoms with van der Waals surface area (Å²) in [5.41, 5.74) is 4.52. The molecule has 0 aliphatic heterocycles. The van der Waals surface area contributed by atoms with E-state index < -0.39 is 0 Å². The Morgan fingerprint density at radius 2 is 1.68 bits per heavy atom. The van der Waals surface area contributed by atoms with Crippen LogP contribution in [-0.2, 0) is 13.1 Å². The highest BCUT2D eigenvalue weighted by atomic mass is 35.5. The Balaban J connectivity index is 1.86. The van der Waals surface area contributed by atoms with Gasteiger partial charge in [0, 0.05) is 22.8 Å². The fourth-order valence-electron chi connectivity index (χ4n) is 2.66. The third-order valence-corrected chi connectivity index (χ3v) is 5.10. The minimum atomic E-state index is 0.599. The van der Waals surface area contributed by atoms with Crippen LogP contribution in [0.25, 0.3) is 0 Å². The fraction of sp³-hybridized carbons (Fsp3) is 0.350. The molecular weight excluding hydrogens is 350 g/mol. The maximum Gasteiger partial charge on any atom is 0.171 e. The molecule has 0 amide bonds. The van der Waals surface area contributed by atoms with E-state index in [1.807, 2.05) is 25.1 Å². The fourth-order valence-corrected chi connectivity index (χ4v) is 3.01. The monoisotopic (exact) mass is 376 g/mol. The molecule has 2 aromatic carbocycles. The van der Waals surface area contributed by atoms with Crippen LogP contribution in [-0.4, -0.2) is 18.2 Å². The number of nitrogens with one attached hydrogen (secondary N) is 3. The van der Waals surface area contributed by atoms with Gasteiger partial charge in [0.05, 0.1) is 13.1 Å². The van der Waals surface area contributed by atoms with Crippen molar-refractivity contribution in [2.45, 2.75) is 33.9 Å². The van der Waals surface area contributed by atoms with E-state index in [1.165, 1.54) is 11.1 Å². The zero-order valence-corrected chi connectivity index (χ0v) is 16.7. The summed E-state index contributed by atoms with van der Waals surface area (Å²) in [6, 6.07) is 14.5. The summed E-state index contributed by atoms with van der Waals surface area (Å²) in [6.07, 6.45) is 0. The highest BCUT2D eigenvalue weighted by Crippen LogP contribution is 2.22. The molecule has 134 valence electrons. The first-order chi connectivity index (χ1) is 12.0. The third kappa shape index (κ3) is 5.99. The van der Waals surface area contributed by atoms with Gasteiger partial charge in [-0.1, -0.05) is 41.9 Å². The van der Waals surface area contributed by atoms with Crippen LogP contribution in [0.3, 0.4) is 0 Å². The normalized spacial score (nSPS) is 10.8. The molecular formula is C20H27ClN3S+. The molecule has 0 heterocycles. The molecule has 0 fully saturated rings. The van der Waals surface area contributed by atoms with Gasteiger partial charge in [0.25, 0.3) is 0 Å². The average Bonchev–Trinajstić information content (AvgIpc) is 2.63. The lowest BCUT2D eigenvalue weighted by atomic mass is 10.1. The van der Waals surface area contributed by atoms with E-state index in [4.69, 9.17) is 23.8 Å². The van der Waals surface area contributed by atoms with E-state index in [-0.39, 0.29) is 0 Å². The number of anilines is 1. The van der Waals surface area contributed by atoms with Gasteiger partial charge in [-0.05, 0) is 56.2 Å². The second-order valence-corrected chi connectivity index (χ2v) is 6.99. The van der Waals surface area contributed by atoms with Gasteiger partial charge >= 0.3 is 0 Å². The largest absolute Gasteiger partial charge is 0.358 e. The summed E-state index contributed by atoms with van der Waals surface area (Å²) in [5, 5.41) is 7.79. The van der Waals surface area contributed by atoms with Crippen LogP contribution in [0.5, 0.6) is 0 Å². The lowest BCUT2D eigenvalue weighted by Crippen LogP contribution is -3.10. The number of benzene rings is 2. The molecule has 5 heteroatoms. The first-order valence-corrected chi connectivity index (χ1v) is 9.53. The van der Waals surface area contributed by atoms with Crippen molar-refractivity contribution in [3.05, 3.63) is 64.2 Å². The predicted molar refractivity (Wildman–Crippen MR) is 111 cm³/mol. The smallest absolute Gasteiger partial charge is 0.171 e. The van der Waals surface area contributed by atoms with Gasteiger partial charge in [-0.3, -0.25) is 0 Å². The van der Waals surface area contributed by atoms with Crippen LogP contribution >= 0.6 is 23.8 Å². The SMILES string of the molecule is CC[NH+](CC)Cc1ccc(CNC(=S)Nc2cccc(Cl)c2C)cc1. The molecule has 0 saturated heterocycles. The highest BCUT2D eigenvalue weighted by molar-refractivity contribution is 7.80. The topological polar surface area (TPSA) is 28.5 Å². The van der Waals surface area contributed by atoms with Crippen molar-refractivity contribution in [2.75, 3.05) is 18.4 Å². The van der Waals surface area contributed by atoms with Gasteiger partial charge in [0.15, 0.2) is 5.11 Å². The van der Waals surface area contributed by atoms with E-state index in [9.17, 15) is 0 Å². The van der Waals surface area contributed by atoms with Crippen LogP contribution in [0.2, 0.25) is 5.02 Å². The van der Waals surface area contributed by atoms with Crippen molar-refractivity contribution in [3.8, 4) is 0 Å². The lowest BCUT2D eigenvalue weighted by molar-refractivity contribution is -0.910. The quantitative estimate of drug-likeness (QED) is 0.645. The van der Waals surface area contributed by atoms with Crippen LogP contribution in [0, 0.1) is 6.92 Å². The van der Waals surface area contributed by atoms with E-state index in [2.05, 4.69) is 48.7 Å². The number of rotatable bonds is 7. The maximum absolute atomic E-state index is 6.14. The summed E-state index contributed by atoms with van der Waals surface area (Å²) in [6.45, 7) is 10.5. The van der Waals surface area contributed by atoms with Crippen LogP contribution in [0.1, 0.15) is 30.5 Å². The highest BCUT2D eigenvalue weighted by Gasteiger charge is 2.06. The molecule has 3 N–H and O–H groups in total. The predicted octanol–water partition coefficient (Wildman–Crippen LogP) is 3.56. The van der Waals surface area contributed by atoms with Gasteiger partial charge in [-0.2, -0.15) is 0 Å². The van der Waals surface area contributed by atoms with Crippen LogP contribution in [0.4, 0.5) is 5.69 Å². The standard InChI is InChI=1S/C20H26ClN3S/c1-4-24(5-2)14-17-11-9-16(10-12-17)13-22-20(25)23-19-8-6-7-18(21)15(19)3/h6-12H,4-5,13-14H2,1-3H3,(H2,22,23,25)/p+1. The van der Waals surface area contributed by atoms with Gasteiger partial charge in [-0.15, -0.1) is 0 Å². The first kappa shape index (κ1) is 19.7. The molecule has 0 bridgehead atoms. The van der Waals surface area contributed by atoms with E-state index in [0.29, 0.717) is 11.7 Å². The van der Waals surface area contributed by atoms with Crippen LogP contribution < -0.4 is 15.5 Å². The molecule has 0 aromatic heterocycles. The minimum absolute atomic E-state index is 0.599. The third-order valence-electron chi connectivity index (χ3n) is 4.45. The number of quaternary nitrogens is 1. The Morgan fingerprint density at radius 3 is 2.32 bits per heavy atom. The Hall–Kier alpha value is -1.62. The molecule has 0 spiro atoms. The van der Waals surface area contributed by atoms with Crippen LogP contribution in [0.15, 0.2) is 42.5 Å². The first-order valence-electron chi connectivity index (χ1n) is 8.74. The van der Waals surface area contributed by atoms with E-state index in [1.54, 1.807) is 4.90 Å². The second-order valence-electron chi connectivity index (χ2n) is 6.17. The van der Waals surface area contributed by atoms with Crippen molar-refractivity contribution in [1.82, 2.24) is 5.32 Å². The van der Waals surface area contributed by atoms with Crippen molar-refractivity contribution in [3.63, 3.8) is 0 Å². The maximum atomic E-state index is 6.14.